The molecular weight excluding hydrogens is 170 g/mol. The molecule has 0 aliphatic rings. The number of hydrogen-bond acceptors (Lipinski definition) is 6. The molecule has 0 saturated heterocycles. The van der Waals surface area contributed by atoms with Crippen LogP contribution in [0.4, 0.5) is 0 Å². The molecule has 1 atom stereocenters. The van der Waals surface area contributed by atoms with Crippen molar-refractivity contribution in [3.8, 4) is 0 Å². The van der Waals surface area contributed by atoms with Gasteiger partial charge in [0.05, 0.1) is 0 Å². The van der Waals surface area contributed by atoms with Crippen LogP contribution in [0.25, 0.3) is 0 Å². The van der Waals surface area contributed by atoms with Crippen molar-refractivity contribution >= 4 is 0 Å². The highest BCUT2D eigenvalue weighted by atomic mass is 16.7. The molecule has 8 heteroatoms. The van der Waals surface area contributed by atoms with Crippen LogP contribution in [0.1, 0.15) is 6.92 Å². The lowest BCUT2D eigenvalue weighted by molar-refractivity contribution is -0.625. The summed E-state index contributed by atoms with van der Waals surface area (Å²) in [5.74, 6) is 0. The Balaban J connectivity index is 4.22. The Bertz CT molecular complexity index is 184. The van der Waals surface area contributed by atoms with Gasteiger partial charge in [-0.3, -0.25) is 20.2 Å². The zero-order valence-corrected chi connectivity index (χ0v) is 6.41. The van der Waals surface area contributed by atoms with Crippen LogP contribution >= 0.6 is 0 Å². The van der Waals surface area contributed by atoms with Crippen LogP contribution in [0, 0.1) is 20.2 Å². The Morgan fingerprint density at radius 2 is 2.00 bits per heavy atom. The largest absolute Gasteiger partial charge is 0.352 e. The Kier molecular flexibility index (Phi) is 4.08. The maximum Gasteiger partial charge on any atom is 0.352 e. The first-order valence-electron chi connectivity index (χ1n) is 3.19. The van der Waals surface area contributed by atoms with E-state index in [4.69, 9.17) is 5.21 Å². The van der Waals surface area contributed by atoms with Crippen molar-refractivity contribution in [3.05, 3.63) is 20.2 Å². The van der Waals surface area contributed by atoms with Crippen LogP contribution in [-0.4, -0.2) is 39.4 Å². The molecule has 0 aliphatic carbocycles. The van der Waals surface area contributed by atoms with Crippen LogP contribution in [0.3, 0.4) is 0 Å². The van der Waals surface area contributed by atoms with Gasteiger partial charge in [0.15, 0.2) is 0 Å². The van der Waals surface area contributed by atoms with Gasteiger partial charge in [-0.05, 0) is 6.92 Å². The molecule has 0 saturated carbocycles. The highest BCUT2D eigenvalue weighted by molar-refractivity contribution is 4.47. The first-order chi connectivity index (χ1) is 5.49. The molecule has 0 aromatic heterocycles. The van der Waals surface area contributed by atoms with Gasteiger partial charge in [0.1, 0.15) is 0 Å². The van der Waals surface area contributed by atoms with Crippen molar-refractivity contribution in [1.29, 1.82) is 0 Å². The monoisotopic (exact) mass is 179 g/mol. The van der Waals surface area contributed by atoms with Gasteiger partial charge in [-0.15, -0.1) is 5.06 Å². The summed E-state index contributed by atoms with van der Waals surface area (Å²) >= 11 is 0. The van der Waals surface area contributed by atoms with Gasteiger partial charge < -0.3 is 5.21 Å². The average Bonchev–Trinajstić information content (AvgIpc) is 1.98. The van der Waals surface area contributed by atoms with E-state index in [9.17, 15) is 20.2 Å². The summed E-state index contributed by atoms with van der Waals surface area (Å²) in [6.45, 7) is 0.521. The van der Waals surface area contributed by atoms with Gasteiger partial charge in [-0.2, -0.15) is 0 Å². The second-order valence-corrected chi connectivity index (χ2v) is 2.04. The van der Waals surface area contributed by atoms with Gasteiger partial charge in [0.25, 0.3) is 6.54 Å². The minimum Gasteiger partial charge on any atom is -0.308 e. The van der Waals surface area contributed by atoms with Gasteiger partial charge in [0, 0.05) is 16.4 Å². The van der Waals surface area contributed by atoms with Crippen molar-refractivity contribution in [2.75, 3.05) is 13.1 Å². The second-order valence-electron chi connectivity index (χ2n) is 2.04. The van der Waals surface area contributed by atoms with Crippen molar-refractivity contribution in [3.63, 3.8) is 0 Å². The molecule has 0 spiro atoms. The molecule has 0 rings (SSSR count). The van der Waals surface area contributed by atoms with E-state index in [1.165, 1.54) is 6.92 Å². The smallest absolute Gasteiger partial charge is 0.308 e. The Hall–Kier alpha value is -1.28. The molecule has 1 N–H and O–H groups in total. The topological polar surface area (TPSA) is 110 Å². The molecule has 0 heterocycles. The summed E-state index contributed by atoms with van der Waals surface area (Å²) in [5.41, 5.74) is 0. The van der Waals surface area contributed by atoms with Crippen LogP contribution in [0.15, 0.2) is 0 Å². The Labute approximate surface area is 67.6 Å². The molecule has 0 aromatic carbocycles. The maximum atomic E-state index is 10.1. The first-order valence-corrected chi connectivity index (χ1v) is 3.19. The Morgan fingerprint density at radius 3 is 2.25 bits per heavy atom. The maximum absolute atomic E-state index is 10.1. The molecule has 12 heavy (non-hydrogen) atoms. The van der Waals surface area contributed by atoms with E-state index in [2.05, 4.69) is 0 Å². The summed E-state index contributed by atoms with van der Waals surface area (Å²) < 4.78 is 0. The zero-order valence-electron chi connectivity index (χ0n) is 6.41. The number of nitro groups is 2. The highest BCUT2D eigenvalue weighted by Crippen LogP contribution is 1.96. The van der Waals surface area contributed by atoms with E-state index in [1.54, 1.807) is 0 Å². The zero-order chi connectivity index (χ0) is 9.72. The number of hydroxylamine groups is 2. The number of rotatable bonds is 5. The van der Waals surface area contributed by atoms with E-state index >= 15 is 0 Å². The molecule has 1 unspecified atom stereocenters. The highest BCUT2D eigenvalue weighted by Gasteiger charge is 2.31. The second kappa shape index (κ2) is 4.57. The van der Waals surface area contributed by atoms with Crippen molar-refractivity contribution < 1.29 is 15.1 Å². The summed E-state index contributed by atoms with van der Waals surface area (Å²) in [7, 11) is 0. The third kappa shape index (κ3) is 3.21. The lowest BCUT2D eigenvalue weighted by Crippen LogP contribution is -2.43. The molecule has 0 bridgehead atoms. The predicted octanol–water partition coefficient (Wildman–Crippen LogP) is -0.423. The summed E-state index contributed by atoms with van der Waals surface area (Å²) in [6.07, 6.45) is -1.66. The van der Waals surface area contributed by atoms with E-state index in [0.29, 0.717) is 5.06 Å². The van der Waals surface area contributed by atoms with E-state index in [-0.39, 0.29) is 6.54 Å². The van der Waals surface area contributed by atoms with E-state index in [0.717, 1.165) is 0 Å². The minimum absolute atomic E-state index is 0.0283. The minimum atomic E-state index is -1.66. The molecule has 0 amide bonds. The van der Waals surface area contributed by atoms with Gasteiger partial charge in [-0.25, -0.2) is 0 Å². The lowest BCUT2D eigenvalue weighted by atomic mass is 10.5. The standard InChI is InChI=1S/C4H9N3O5/c1-2-5(8)4(7(11)12)3-6(9)10/h4,8H,2-3H2,1H3. The fourth-order valence-electron chi connectivity index (χ4n) is 0.614. The fraction of sp³-hybridized carbons (Fsp3) is 1.00. The van der Waals surface area contributed by atoms with Crippen LogP contribution < -0.4 is 0 Å². The van der Waals surface area contributed by atoms with Crippen molar-refractivity contribution in [1.82, 2.24) is 5.06 Å². The average molecular weight is 179 g/mol. The van der Waals surface area contributed by atoms with Gasteiger partial charge >= 0.3 is 6.17 Å². The van der Waals surface area contributed by atoms with Gasteiger partial charge in [0.2, 0.25) is 0 Å². The SMILES string of the molecule is CCN(O)C(C[N+](=O)[O-])[N+](=O)[O-]. The predicted molar refractivity (Wildman–Crippen MR) is 36.8 cm³/mol. The third-order valence-corrected chi connectivity index (χ3v) is 1.22. The molecule has 0 radical (unpaired) electrons. The third-order valence-electron chi connectivity index (χ3n) is 1.22. The number of nitrogens with zero attached hydrogens (tertiary/aromatic N) is 3. The number of likely N-dealkylation sites (N-methyl/N-ethyl adjacent to an activating group) is 1. The normalized spacial score (nSPS) is 12.9. The van der Waals surface area contributed by atoms with Crippen LogP contribution in [0.2, 0.25) is 0 Å². The van der Waals surface area contributed by atoms with E-state index in [1.807, 2.05) is 0 Å². The van der Waals surface area contributed by atoms with Crippen molar-refractivity contribution in [2.24, 2.45) is 0 Å². The first kappa shape index (κ1) is 10.7. The number of hydrogen-bond donors (Lipinski definition) is 1. The fourth-order valence-corrected chi connectivity index (χ4v) is 0.614. The summed E-state index contributed by atoms with van der Waals surface area (Å²) in [6, 6.07) is 0. The van der Waals surface area contributed by atoms with Crippen LogP contribution in [0.5, 0.6) is 0 Å². The van der Waals surface area contributed by atoms with E-state index < -0.39 is 22.6 Å². The summed E-state index contributed by atoms with van der Waals surface area (Å²) in [5, 5.41) is 29.2. The summed E-state index contributed by atoms with van der Waals surface area (Å²) in [4.78, 5) is 18.3. The molecule has 0 fully saturated rings. The lowest BCUT2D eigenvalue weighted by Gasteiger charge is -2.13. The van der Waals surface area contributed by atoms with Crippen LogP contribution in [-0.2, 0) is 0 Å². The molecule has 0 aromatic rings. The van der Waals surface area contributed by atoms with Crippen molar-refractivity contribution in [2.45, 2.75) is 13.1 Å². The molecular formula is C4H9N3O5. The molecule has 0 aliphatic heterocycles. The molecule has 8 nitrogen and oxygen atoms in total. The molecule has 70 valence electrons. The van der Waals surface area contributed by atoms with Gasteiger partial charge in [-0.1, -0.05) is 0 Å². The Morgan fingerprint density at radius 1 is 1.50 bits per heavy atom. The quantitative estimate of drug-likeness (QED) is 0.348.